The molecule has 2 aromatic carbocycles. The Labute approximate surface area is 111 Å². The maximum absolute atomic E-state index is 12.6. The molecule has 0 aliphatic carbocycles. The second-order valence-electron chi connectivity index (χ2n) is 4.35. The fraction of sp³-hybridized carbons (Fsp3) is 0.143. The van der Waals surface area contributed by atoms with E-state index in [4.69, 9.17) is 0 Å². The molecule has 0 aliphatic rings. The third-order valence-corrected chi connectivity index (χ3v) is 5.03. The minimum atomic E-state index is -3.86. The van der Waals surface area contributed by atoms with Gasteiger partial charge in [-0.1, -0.05) is 24.3 Å². The monoisotopic (exact) mass is 278 g/mol. The molecular weight excluding hydrogens is 264 g/mol. The van der Waals surface area contributed by atoms with Gasteiger partial charge in [0.1, 0.15) is 4.90 Å². The highest BCUT2D eigenvalue weighted by Gasteiger charge is 2.26. The lowest BCUT2D eigenvalue weighted by atomic mass is 10.2. The van der Waals surface area contributed by atoms with Gasteiger partial charge < -0.3 is 10.2 Å². The van der Waals surface area contributed by atoms with Crippen LogP contribution in [0.25, 0.3) is 0 Å². The Kier molecular flexibility index (Phi) is 3.24. The SMILES string of the molecule is Cc1cccc(C)c1S(=O)(=O)c1cccc(O)c1O. The summed E-state index contributed by atoms with van der Waals surface area (Å²) in [5.41, 5.74) is 1.20. The highest BCUT2D eigenvalue weighted by atomic mass is 32.2. The average Bonchev–Trinajstić information content (AvgIpc) is 2.32. The molecule has 2 N–H and O–H groups in total. The minimum absolute atomic E-state index is 0.163. The van der Waals surface area contributed by atoms with E-state index in [2.05, 4.69) is 0 Å². The Hall–Kier alpha value is -2.01. The van der Waals surface area contributed by atoms with Crippen molar-refractivity contribution < 1.29 is 18.6 Å². The first kappa shape index (κ1) is 13.4. The minimum Gasteiger partial charge on any atom is -0.504 e. The zero-order valence-electron chi connectivity index (χ0n) is 10.6. The van der Waals surface area contributed by atoms with E-state index in [9.17, 15) is 18.6 Å². The number of rotatable bonds is 2. The highest BCUT2D eigenvalue weighted by molar-refractivity contribution is 7.91. The lowest BCUT2D eigenvalue weighted by Gasteiger charge is -2.12. The molecule has 0 radical (unpaired) electrons. The summed E-state index contributed by atoms with van der Waals surface area (Å²) in [6.45, 7) is 3.39. The van der Waals surface area contributed by atoms with Crippen molar-refractivity contribution in [3.05, 3.63) is 47.5 Å². The summed E-state index contributed by atoms with van der Waals surface area (Å²) in [4.78, 5) is -0.124. The maximum Gasteiger partial charge on any atom is 0.210 e. The summed E-state index contributed by atoms with van der Waals surface area (Å²) in [6, 6.07) is 9.05. The van der Waals surface area contributed by atoms with Gasteiger partial charge in [-0.05, 0) is 37.1 Å². The van der Waals surface area contributed by atoms with Crippen LogP contribution in [0.2, 0.25) is 0 Å². The van der Waals surface area contributed by atoms with Crippen molar-refractivity contribution in [1.82, 2.24) is 0 Å². The predicted molar refractivity (Wildman–Crippen MR) is 71.1 cm³/mol. The fourth-order valence-corrected chi connectivity index (χ4v) is 3.88. The zero-order valence-corrected chi connectivity index (χ0v) is 11.4. The van der Waals surface area contributed by atoms with E-state index in [1.807, 2.05) is 0 Å². The van der Waals surface area contributed by atoms with E-state index in [0.29, 0.717) is 11.1 Å². The van der Waals surface area contributed by atoms with Gasteiger partial charge in [0.2, 0.25) is 9.84 Å². The number of hydrogen-bond donors (Lipinski definition) is 2. The Balaban J connectivity index is 2.77. The molecule has 0 aliphatic heterocycles. The number of phenolic OH excluding ortho intramolecular Hbond substituents is 2. The summed E-state index contributed by atoms with van der Waals surface area (Å²) >= 11 is 0. The number of sulfone groups is 1. The predicted octanol–water partition coefficient (Wildman–Crippen LogP) is 2.55. The standard InChI is InChI=1S/C14H14O4S/c1-9-5-3-6-10(2)14(9)19(17,18)12-8-4-7-11(15)13(12)16/h3-8,15-16H,1-2H3. The smallest absolute Gasteiger partial charge is 0.210 e. The molecule has 0 bridgehead atoms. The van der Waals surface area contributed by atoms with Crippen LogP contribution in [0.1, 0.15) is 11.1 Å². The molecule has 19 heavy (non-hydrogen) atoms. The number of benzene rings is 2. The van der Waals surface area contributed by atoms with Gasteiger partial charge in [0.15, 0.2) is 11.5 Å². The third kappa shape index (κ3) is 2.17. The quantitative estimate of drug-likeness (QED) is 0.828. The summed E-state index contributed by atoms with van der Waals surface area (Å²) in [5, 5.41) is 19.2. The summed E-state index contributed by atoms with van der Waals surface area (Å²) in [6.07, 6.45) is 0. The van der Waals surface area contributed by atoms with E-state index < -0.39 is 21.3 Å². The van der Waals surface area contributed by atoms with Crippen molar-refractivity contribution >= 4 is 9.84 Å². The maximum atomic E-state index is 12.6. The van der Waals surface area contributed by atoms with E-state index in [1.165, 1.54) is 18.2 Å². The molecule has 0 saturated heterocycles. The molecule has 0 amide bonds. The topological polar surface area (TPSA) is 74.6 Å². The second-order valence-corrected chi connectivity index (χ2v) is 6.20. The van der Waals surface area contributed by atoms with Gasteiger partial charge in [0.05, 0.1) is 4.90 Å². The van der Waals surface area contributed by atoms with Crippen LogP contribution in [-0.4, -0.2) is 18.6 Å². The third-order valence-electron chi connectivity index (χ3n) is 2.94. The highest BCUT2D eigenvalue weighted by Crippen LogP contribution is 2.36. The first-order valence-corrected chi connectivity index (χ1v) is 7.16. The lowest BCUT2D eigenvalue weighted by Crippen LogP contribution is -2.06. The van der Waals surface area contributed by atoms with E-state index in [1.54, 1.807) is 32.0 Å². The van der Waals surface area contributed by atoms with Crippen molar-refractivity contribution in [3.63, 3.8) is 0 Å². The molecule has 4 nitrogen and oxygen atoms in total. The number of phenols is 2. The van der Waals surface area contributed by atoms with Crippen molar-refractivity contribution in [3.8, 4) is 11.5 Å². The van der Waals surface area contributed by atoms with Crippen LogP contribution in [0.3, 0.4) is 0 Å². The first-order chi connectivity index (χ1) is 8.85. The lowest BCUT2D eigenvalue weighted by molar-refractivity contribution is 0.393. The number of hydrogen-bond acceptors (Lipinski definition) is 4. The molecular formula is C14H14O4S. The molecule has 2 aromatic rings. The molecule has 100 valence electrons. The molecule has 5 heteroatoms. The van der Waals surface area contributed by atoms with Crippen LogP contribution in [0, 0.1) is 13.8 Å². The van der Waals surface area contributed by atoms with Gasteiger partial charge in [-0.15, -0.1) is 0 Å². The van der Waals surface area contributed by atoms with Gasteiger partial charge >= 0.3 is 0 Å². The molecule has 0 atom stereocenters. The van der Waals surface area contributed by atoms with E-state index >= 15 is 0 Å². The largest absolute Gasteiger partial charge is 0.504 e. The van der Waals surface area contributed by atoms with Gasteiger partial charge in [-0.2, -0.15) is 0 Å². The van der Waals surface area contributed by atoms with Crippen LogP contribution < -0.4 is 0 Å². The summed E-state index contributed by atoms with van der Waals surface area (Å²) in [5.74, 6) is -1.07. The fourth-order valence-electron chi connectivity index (χ4n) is 2.06. The number of para-hydroxylation sites is 1. The molecule has 0 saturated carbocycles. The molecule has 0 fully saturated rings. The van der Waals surface area contributed by atoms with Crippen LogP contribution in [0.15, 0.2) is 46.2 Å². The Morgan fingerprint density at radius 3 is 2.00 bits per heavy atom. The Bertz CT molecular complexity index is 713. The van der Waals surface area contributed by atoms with Crippen LogP contribution in [0.4, 0.5) is 0 Å². The normalized spacial score (nSPS) is 11.5. The molecule has 0 spiro atoms. The molecule has 0 aromatic heterocycles. The van der Waals surface area contributed by atoms with E-state index in [-0.39, 0.29) is 9.79 Å². The van der Waals surface area contributed by atoms with Gasteiger partial charge in [0, 0.05) is 0 Å². The van der Waals surface area contributed by atoms with Gasteiger partial charge in [-0.25, -0.2) is 8.42 Å². The van der Waals surface area contributed by atoms with Gasteiger partial charge in [-0.3, -0.25) is 0 Å². The Morgan fingerprint density at radius 2 is 1.42 bits per heavy atom. The van der Waals surface area contributed by atoms with Crippen LogP contribution >= 0.6 is 0 Å². The number of aryl methyl sites for hydroxylation is 2. The molecule has 2 rings (SSSR count). The summed E-state index contributed by atoms with van der Waals surface area (Å²) < 4.78 is 25.2. The van der Waals surface area contributed by atoms with Crippen LogP contribution in [-0.2, 0) is 9.84 Å². The summed E-state index contributed by atoms with van der Waals surface area (Å²) in [7, 11) is -3.86. The van der Waals surface area contributed by atoms with Crippen molar-refractivity contribution in [2.24, 2.45) is 0 Å². The molecule has 0 unspecified atom stereocenters. The second kappa shape index (κ2) is 4.59. The van der Waals surface area contributed by atoms with Crippen LogP contribution in [0.5, 0.6) is 11.5 Å². The van der Waals surface area contributed by atoms with Gasteiger partial charge in [0.25, 0.3) is 0 Å². The average molecular weight is 278 g/mol. The first-order valence-electron chi connectivity index (χ1n) is 5.68. The molecule has 0 heterocycles. The Morgan fingerprint density at radius 1 is 0.895 bits per heavy atom. The van der Waals surface area contributed by atoms with E-state index in [0.717, 1.165) is 0 Å². The van der Waals surface area contributed by atoms with Crippen molar-refractivity contribution in [2.75, 3.05) is 0 Å². The number of aromatic hydroxyl groups is 2. The van der Waals surface area contributed by atoms with Crippen molar-refractivity contribution in [1.29, 1.82) is 0 Å². The zero-order chi connectivity index (χ0) is 14.2. The van der Waals surface area contributed by atoms with Crippen molar-refractivity contribution in [2.45, 2.75) is 23.6 Å².